The van der Waals surface area contributed by atoms with Gasteiger partial charge in [0.05, 0.1) is 6.54 Å². The van der Waals surface area contributed by atoms with E-state index in [-0.39, 0.29) is 11.4 Å². The number of nitrogens with one attached hydrogen (secondary N) is 1. The molecule has 0 radical (unpaired) electrons. The molecule has 0 aliphatic carbocycles. The quantitative estimate of drug-likeness (QED) is 0.438. The summed E-state index contributed by atoms with van der Waals surface area (Å²) in [6, 6.07) is 3.08. The minimum Gasteiger partial charge on any atom is -0.370 e. The van der Waals surface area contributed by atoms with Gasteiger partial charge in [0.1, 0.15) is 4.90 Å². The van der Waals surface area contributed by atoms with Gasteiger partial charge in [-0.25, -0.2) is 13.1 Å². The number of nitrogens with zero attached hydrogens (tertiary/aromatic N) is 3. The van der Waals surface area contributed by atoms with Crippen LogP contribution in [0.5, 0.6) is 0 Å². The first kappa shape index (κ1) is 16.1. The predicted molar refractivity (Wildman–Crippen MR) is 84.8 cm³/mol. The van der Waals surface area contributed by atoms with Crippen molar-refractivity contribution in [2.45, 2.75) is 4.90 Å². The number of hydrogen-bond donors (Lipinski definition) is 2. The van der Waals surface area contributed by atoms with Crippen LogP contribution in [0.4, 0.5) is 0 Å². The van der Waals surface area contributed by atoms with Crippen molar-refractivity contribution in [1.29, 1.82) is 0 Å². The Morgan fingerprint density at radius 3 is 2.90 bits per heavy atom. The van der Waals surface area contributed by atoms with Gasteiger partial charge < -0.3 is 10.6 Å². The van der Waals surface area contributed by atoms with E-state index in [0.717, 1.165) is 24.6 Å². The molecule has 1 aromatic heterocycles. The molecule has 1 fully saturated rings. The first-order valence-electron chi connectivity index (χ1n) is 6.62. The Hall–Kier alpha value is -1.32. The van der Waals surface area contributed by atoms with Gasteiger partial charge in [-0.05, 0) is 12.1 Å². The lowest BCUT2D eigenvalue weighted by atomic mass is 10.5. The Morgan fingerprint density at radius 2 is 2.24 bits per heavy atom. The van der Waals surface area contributed by atoms with Crippen LogP contribution in [0.2, 0.25) is 0 Å². The Bertz CT molecular complexity index is 571. The molecule has 0 aromatic carbocycles. The second kappa shape index (κ2) is 7.62. The van der Waals surface area contributed by atoms with Crippen molar-refractivity contribution in [3.63, 3.8) is 0 Å². The van der Waals surface area contributed by atoms with Crippen LogP contribution in [0, 0.1) is 0 Å². The van der Waals surface area contributed by atoms with Gasteiger partial charge in [-0.3, -0.25) is 9.98 Å². The number of aromatic nitrogens is 1. The molecule has 0 amide bonds. The van der Waals surface area contributed by atoms with Gasteiger partial charge >= 0.3 is 0 Å². The summed E-state index contributed by atoms with van der Waals surface area (Å²) < 4.78 is 26.3. The van der Waals surface area contributed by atoms with E-state index < -0.39 is 10.0 Å². The molecule has 21 heavy (non-hydrogen) atoms. The molecule has 1 aliphatic rings. The van der Waals surface area contributed by atoms with E-state index in [0.29, 0.717) is 12.5 Å². The number of guanidine groups is 1. The highest BCUT2D eigenvalue weighted by Gasteiger charge is 2.14. The third-order valence-electron chi connectivity index (χ3n) is 2.96. The fraction of sp³-hybridized carbons (Fsp3) is 0.500. The highest BCUT2D eigenvalue weighted by molar-refractivity contribution is 7.99. The molecule has 9 heteroatoms. The summed E-state index contributed by atoms with van der Waals surface area (Å²) in [5.41, 5.74) is 5.89. The number of nitrogens with two attached hydrogens (primary N) is 1. The lowest BCUT2D eigenvalue weighted by Crippen LogP contribution is -2.43. The van der Waals surface area contributed by atoms with Gasteiger partial charge in [0.15, 0.2) is 5.96 Å². The van der Waals surface area contributed by atoms with Crippen molar-refractivity contribution < 1.29 is 8.42 Å². The van der Waals surface area contributed by atoms with Crippen molar-refractivity contribution in [3.05, 3.63) is 24.5 Å². The molecule has 3 N–H and O–H groups in total. The van der Waals surface area contributed by atoms with Crippen molar-refractivity contribution in [3.8, 4) is 0 Å². The molecule has 1 aromatic rings. The van der Waals surface area contributed by atoms with Crippen molar-refractivity contribution in [1.82, 2.24) is 14.6 Å². The summed E-state index contributed by atoms with van der Waals surface area (Å²) in [7, 11) is -3.52. The van der Waals surface area contributed by atoms with Gasteiger partial charge in [-0.2, -0.15) is 11.8 Å². The summed E-state index contributed by atoms with van der Waals surface area (Å²) in [4.78, 5) is 10.2. The topological polar surface area (TPSA) is 101 Å². The van der Waals surface area contributed by atoms with Crippen LogP contribution in [0.1, 0.15) is 0 Å². The van der Waals surface area contributed by atoms with E-state index in [2.05, 4.69) is 14.7 Å². The van der Waals surface area contributed by atoms with Gasteiger partial charge in [0.2, 0.25) is 10.0 Å². The SMILES string of the molecule is NC(=NCCNS(=O)(=O)c1cccnc1)N1CCSCC1. The van der Waals surface area contributed by atoms with Crippen LogP contribution in [0.15, 0.2) is 34.4 Å². The Balaban J connectivity index is 1.81. The Kier molecular flexibility index (Phi) is 5.83. The average molecular weight is 329 g/mol. The first-order valence-corrected chi connectivity index (χ1v) is 9.26. The average Bonchev–Trinajstić information content (AvgIpc) is 2.53. The van der Waals surface area contributed by atoms with E-state index in [1.807, 2.05) is 16.7 Å². The Morgan fingerprint density at radius 1 is 1.48 bits per heavy atom. The number of aliphatic imine (C=N–C) groups is 1. The van der Waals surface area contributed by atoms with Crippen LogP contribution >= 0.6 is 11.8 Å². The molecule has 0 bridgehead atoms. The molecule has 0 spiro atoms. The minimum absolute atomic E-state index is 0.148. The molecule has 2 rings (SSSR count). The number of rotatable bonds is 5. The highest BCUT2D eigenvalue weighted by Crippen LogP contribution is 2.08. The molecule has 116 valence electrons. The molecule has 0 saturated carbocycles. The first-order chi connectivity index (χ1) is 10.1. The second-order valence-corrected chi connectivity index (χ2v) is 7.42. The smallest absolute Gasteiger partial charge is 0.242 e. The summed E-state index contributed by atoms with van der Waals surface area (Å²) in [5.74, 6) is 2.57. The number of hydrogen-bond acceptors (Lipinski definition) is 5. The lowest BCUT2D eigenvalue weighted by molar-refractivity contribution is 0.456. The van der Waals surface area contributed by atoms with Crippen molar-refractivity contribution in [2.75, 3.05) is 37.7 Å². The lowest BCUT2D eigenvalue weighted by Gasteiger charge is -2.27. The molecule has 7 nitrogen and oxygen atoms in total. The highest BCUT2D eigenvalue weighted by atomic mass is 32.2. The molecule has 1 saturated heterocycles. The fourth-order valence-corrected chi connectivity index (χ4v) is 3.72. The monoisotopic (exact) mass is 329 g/mol. The van der Waals surface area contributed by atoms with Crippen LogP contribution < -0.4 is 10.5 Å². The predicted octanol–water partition coefficient (Wildman–Crippen LogP) is -0.277. The van der Waals surface area contributed by atoms with E-state index in [1.54, 1.807) is 6.07 Å². The van der Waals surface area contributed by atoms with Crippen molar-refractivity contribution in [2.24, 2.45) is 10.7 Å². The molecule has 0 atom stereocenters. The molecular weight excluding hydrogens is 310 g/mol. The van der Waals surface area contributed by atoms with Gasteiger partial charge in [0, 0.05) is 43.5 Å². The van der Waals surface area contributed by atoms with Gasteiger partial charge in [0.25, 0.3) is 0 Å². The molecule has 2 heterocycles. The van der Waals surface area contributed by atoms with E-state index >= 15 is 0 Å². The Labute approximate surface area is 129 Å². The van der Waals surface area contributed by atoms with Crippen LogP contribution in [0.25, 0.3) is 0 Å². The maximum atomic E-state index is 11.9. The van der Waals surface area contributed by atoms with Crippen LogP contribution in [-0.4, -0.2) is 61.9 Å². The third-order valence-corrected chi connectivity index (χ3v) is 5.35. The maximum Gasteiger partial charge on any atom is 0.242 e. The van der Waals surface area contributed by atoms with Crippen LogP contribution in [-0.2, 0) is 10.0 Å². The normalized spacial score (nSPS) is 17.0. The number of pyridine rings is 1. The van der Waals surface area contributed by atoms with E-state index in [1.165, 1.54) is 18.5 Å². The zero-order valence-electron chi connectivity index (χ0n) is 11.6. The molecule has 0 unspecified atom stereocenters. The summed E-state index contributed by atoms with van der Waals surface area (Å²) in [5, 5.41) is 0. The number of thioether (sulfide) groups is 1. The number of sulfonamides is 1. The minimum atomic E-state index is -3.52. The largest absolute Gasteiger partial charge is 0.370 e. The van der Waals surface area contributed by atoms with Gasteiger partial charge in [-0.1, -0.05) is 0 Å². The molecule has 1 aliphatic heterocycles. The summed E-state index contributed by atoms with van der Waals surface area (Å²) in [6.45, 7) is 2.30. The third kappa shape index (κ3) is 4.87. The zero-order chi connectivity index (χ0) is 15.1. The van der Waals surface area contributed by atoms with Gasteiger partial charge in [-0.15, -0.1) is 0 Å². The van der Waals surface area contributed by atoms with E-state index in [4.69, 9.17) is 5.73 Å². The van der Waals surface area contributed by atoms with Crippen molar-refractivity contribution >= 4 is 27.7 Å². The van der Waals surface area contributed by atoms with E-state index in [9.17, 15) is 8.42 Å². The van der Waals surface area contributed by atoms with Crippen LogP contribution in [0.3, 0.4) is 0 Å². The molecular formula is C12H19N5O2S2. The zero-order valence-corrected chi connectivity index (χ0v) is 13.2. The fourth-order valence-electron chi connectivity index (χ4n) is 1.83. The maximum absolute atomic E-state index is 11.9. The standard InChI is InChI=1S/C12H19N5O2S2/c13-12(17-6-8-20-9-7-17)15-4-5-16-21(18,19)11-2-1-3-14-10-11/h1-3,10,16H,4-9H2,(H2,13,15). The summed E-state index contributed by atoms with van der Waals surface area (Å²) in [6.07, 6.45) is 2.84. The second-order valence-electron chi connectivity index (χ2n) is 4.43. The summed E-state index contributed by atoms with van der Waals surface area (Å²) >= 11 is 1.90.